The lowest BCUT2D eigenvalue weighted by Gasteiger charge is -2.18. The Morgan fingerprint density at radius 1 is 1.35 bits per heavy atom. The lowest BCUT2D eigenvalue weighted by atomic mass is 10.1. The van der Waals surface area contributed by atoms with Gasteiger partial charge in [-0.25, -0.2) is 0 Å². The van der Waals surface area contributed by atoms with Crippen LogP contribution >= 0.6 is 34.9 Å². The number of nitrogens with zero attached hydrogens (tertiary/aromatic N) is 2. The normalized spacial score (nSPS) is 18.1. The third kappa shape index (κ3) is 1.84. The van der Waals surface area contributed by atoms with Crippen LogP contribution in [0.2, 0.25) is 0 Å². The average molecular weight is 318 g/mol. The van der Waals surface area contributed by atoms with Gasteiger partial charge in [-0.15, -0.1) is 23.1 Å². The van der Waals surface area contributed by atoms with Crippen molar-refractivity contribution < 1.29 is 0 Å². The first kappa shape index (κ1) is 12.8. The smallest absolute Gasteiger partial charge is 0.168 e. The van der Waals surface area contributed by atoms with Crippen molar-refractivity contribution >= 4 is 55.8 Å². The monoisotopic (exact) mass is 318 g/mol. The Morgan fingerprint density at radius 2 is 2.25 bits per heavy atom. The third-order valence-electron chi connectivity index (χ3n) is 3.69. The Bertz CT molecular complexity index is 758. The summed E-state index contributed by atoms with van der Waals surface area (Å²) in [6.07, 6.45) is 2.14. The highest BCUT2D eigenvalue weighted by atomic mass is 32.2. The second kappa shape index (κ2) is 4.83. The summed E-state index contributed by atoms with van der Waals surface area (Å²) >= 11 is 5.46. The molecule has 0 unspecified atom stereocenters. The van der Waals surface area contributed by atoms with E-state index in [1.165, 1.54) is 36.3 Å². The highest BCUT2D eigenvalue weighted by Gasteiger charge is 2.31. The van der Waals surface area contributed by atoms with Gasteiger partial charge < -0.3 is 4.90 Å². The van der Waals surface area contributed by atoms with E-state index in [0.717, 1.165) is 13.1 Å². The van der Waals surface area contributed by atoms with E-state index in [2.05, 4.69) is 46.7 Å². The van der Waals surface area contributed by atoms with Crippen LogP contribution in [0.1, 0.15) is 12.5 Å². The van der Waals surface area contributed by atoms with E-state index in [1.54, 1.807) is 0 Å². The van der Waals surface area contributed by atoms with Crippen molar-refractivity contribution in [2.45, 2.75) is 11.8 Å². The molecule has 0 fully saturated rings. The Labute approximate surface area is 131 Å². The minimum atomic E-state index is 0.925. The average Bonchev–Trinajstić information content (AvgIpc) is 3.12. The molecule has 0 atom stereocenters. The molecule has 0 amide bonds. The molecule has 0 N–H and O–H groups in total. The minimum Gasteiger partial charge on any atom is -0.318 e. The fourth-order valence-electron chi connectivity index (χ4n) is 2.79. The van der Waals surface area contributed by atoms with Gasteiger partial charge in [-0.05, 0) is 36.8 Å². The summed E-state index contributed by atoms with van der Waals surface area (Å²) in [4.78, 5) is 9.69. The number of amidine groups is 1. The lowest BCUT2D eigenvalue weighted by Crippen LogP contribution is -2.20. The number of thioether (sulfide) groups is 2. The maximum atomic E-state index is 4.60. The third-order valence-corrected chi connectivity index (χ3v) is 6.29. The molecule has 5 heteroatoms. The van der Waals surface area contributed by atoms with Crippen LogP contribution in [0.15, 0.2) is 38.4 Å². The van der Waals surface area contributed by atoms with Crippen molar-refractivity contribution in [2.24, 2.45) is 4.99 Å². The molecule has 20 heavy (non-hydrogen) atoms. The molecule has 0 saturated heterocycles. The highest BCUT2D eigenvalue weighted by Crippen LogP contribution is 2.44. The van der Waals surface area contributed by atoms with E-state index < -0.39 is 0 Å². The number of hydrogen-bond donors (Lipinski definition) is 0. The zero-order chi connectivity index (χ0) is 13.7. The molecule has 1 aromatic heterocycles. The number of hydrogen-bond acceptors (Lipinski definition) is 5. The molecule has 2 aromatic rings. The van der Waals surface area contributed by atoms with Crippen LogP contribution in [0, 0.1) is 0 Å². The second-order valence-electron chi connectivity index (χ2n) is 4.83. The SMILES string of the molecule is CSc1cc(C2=C(C)SC3=NCCN32)c2ccsc2c1. The van der Waals surface area contributed by atoms with Crippen LogP contribution in [-0.2, 0) is 0 Å². The molecule has 2 nitrogen and oxygen atoms in total. The molecule has 0 saturated carbocycles. The molecule has 0 bridgehead atoms. The highest BCUT2D eigenvalue weighted by molar-refractivity contribution is 8.17. The van der Waals surface area contributed by atoms with Gasteiger partial charge in [0, 0.05) is 32.0 Å². The van der Waals surface area contributed by atoms with E-state index in [0.29, 0.717) is 0 Å². The molecule has 2 aliphatic rings. The van der Waals surface area contributed by atoms with Crippen molar-refractivity contribution in [1.82, 2.24) is 4.90 Å². The molecule has 3 heterocycles. The van der Waals surface area contributed by atoms with Gasteiger partial charge in [-0.1, -0.05) is 11.8 Å². The van der Waals surface area contributed by atoms with E-state index >= 15 is 0 Å². The summed E-state index contributed by atoms with van der Waals surface area (Å²) in [5, 5.41) is 4.74. The molecule has 1 aromatic carbocycles. The molecular formula is C15H14N2S3. The van der Waals surface area contributed by atoms with Crippen molar-refractivity contribution in [3.8, 4) is 0 Å². The zero-order valence-electron chi connectivity index (χ0n) is 11.3. The summed E-state index contributed by atoms with van der Waals surface area (Å²) in [6, 6.07) is 6.88. The lowest BCUT2D eigenvalue weighted by molar-refractivity contribution is 0.648. The Morgan fingerprint density at radius 3 is 3.10 bits per heavy atom. The van der Waals surface area contributed by atoms with Gasteiger partial charge in [0.05, 0.1) is 12.2 Å². The fourth-order valence-corrected chi connectivity index (χ4v) is 5.23. The van der Waals surface area contributed by atoms with Gasteiger partial charge in [0.25, 0.3) is 0 Å². The van der Waals surface area contributed by atoms with Crippen molar-refractivity contribution in [1.29, 1.82) is 0 Å². The number of allylic oxidation sites excluding steroid dienone is 1. The molecule has 0 aliphatic carbocycles. The predicted molar refractivity (Wildman–Crippen MR) is 92.8 cm³/mol. The van der Waals surface area contributed by atoms with Crippen LogP contribution in [0.25, 0.3) is 15.8 Å². The fraction of sp³-hybridized carbons (Fsp3) is 0.267. The predicted octanol–water partition coefficient (Wildman–Crippen LogP) is 4.73. The first-order valence-corrected chi connectivity index (χ1v) is 9.46. The Hall–Kier alpha value is -0.910. The maximum Gasteiger partial charge on any atom is 0.168 e. The standard InChI is InChI=1S/C15H14N2S3/c1-9-14(17-5-4-16-15(17)20-9)12-7-10(18-2)8-13-11(12)3-6-19-13/h3,6-8H,4-5H2,1-2H3. The van der Waals surface area contributed by atoms with Crippen molar-refractivity contribution in [3.63, 3.8) is 0 Å². The Kier molecular flexibility index (Phi) is 3.09. The topological polar surface area (TPSA) is 15.6 Å². The molecule has 2 aliphatic heterocycles. The molecule has 0 radical (unpaired) electrons. The number of aliphatic imine (C=N–C) groups is 1. The van der Waals surface area contributed by atoms with Gasteiger partial charge in [0.2, 0.25) is 0 Å². The van der Waals surface area contributed by atoms with Crippen LogP contribution in [-0.4, -0.2) is 29.4 Å². The summed E-state index contributed by atoms with van der Waals surface area (Å²) in [5.41, 5.74) is 2.73. The summed E-state index contributed by atoms with van der Waals surface area (Å²) in [7, 11) is 0. The van der Waals surface area contributed by atoms with Gasteiger partial charge in [-0.2, -0.15) is 0 Å². The number of fused-ring (bicyclic) bond motifs is 2. The zero-order valence-corrected chi connectivity index (χ0v) is 13.8. The van der Waals surface area contributed by atoms with Crippen LogP contribution < -0.4 is 0 Å². The second-order valence-corrected chi connectivity index (χ2v) is 7.84. The van der Waals surface area contributed by atoms with Crippen LogP contribution in [0.4, 0.5) is 0 Å². The van der Waals surface area contributed by atoms with Gasteiger partial charge in [0.1, 0.15) is 0 Å². The summed E-state index contributed by atoms with van der Waals surface area (Å²) in [5.74, 6) is 0. The van der Waals surface area contributed by atoms with E-state index in [4.69, 9.17) is 0 Å². The van der Waals surface area contributed by atoms with Gasteiger partial charge in [-0.3, -0.25) is 4.99 Å². The van der Waals surface area contributed by atoms with E-state index in [1.807, 2.05) is 34.9 Å². The molecule has 4 rings (SSSR count). The van der Waals surface area contributed by atoms with Crippen LogP contribution in [0.5, 0.6) is 0 Å². The first-order chi connectivity index (χ1) is 9.78. The van der Waals surface area contributed by atoms with Crippen molar-refractivity contribution in [3.05, 3.63) is 34.0 Å². The minimum absolute atomic E-state index is 0.925. The number of rotatable bonds is 2. The van der Waals surface area contributed by atoms with Gasteiger partial charge >= 0.3 is 0 Å². The van der Waals surface area contributed by atoms with E-state index in [9.17, 15) is 0 Å². The molecule has 0 spiro atoms. The number of thiophene rings is 1. The van der Waals surface area contributed by atoms with Gasteiger partial charge in [0.15, 0.2) is 5.17 Å². The number of benzene rings is 1. The largest absolute Gasteiger partial charge is 0.318 e. The van der Waals surface area contributed by atoms with Crippen molar-refractivity contribution in [2.75, 3.05) is 19.3 Å². The maximum absolute atomic E-state index is 4.60. The van der Waals surface area contributed by atoms with E-state index in [-0.39, 0.29) is 0 Å². The summed E-state index contributed by atoms with van der Waals surface area (Å²) < 4.78 is 1.38. The first-order valence-electron chi connectivity index (χ1n) is 6.54. The molecule has 102 valence electrons. The Balaban J connectivity index is 1.95. The summed E-state index contributed by atoms with van der Waals surface area (Å²) in [6.45, 7) is 4.16. The van der Waals surface area contributed by atoms with Crippen LogP contribution in [0.3, 0.4) is 0 Å². The quantitative estimate of drug-likeness (QED) is 0.744. The molecular weight excluding hydrogens is 304 g/mol.